The topological polar surface area (TPSA) is 52.1 Å². The van der Waals surface area contributed by atoms with Gasteiger partial charge in [-0.15, -0.1) is 0 Å². The molecule has 1 aromatic heterocycles. The van der Waals surface area contributed by atoms with E-state index in [9.17, 15) is 4.79 Å². The number of carbonyl (C=O) groups excluding carboxylic acids is 1. The molecule has 2 atom stereocenters. The predicted molar refractivity (Wildman–Crippen MR) is 54.5 cm³/mol. The molecule has 0 aromatic carbocycles. The molecule has 0 spiro atoms. The Hall–Kier alpha value is -1.29. The summed E-state index contributed by atoms with van der Waals surface area (Å²) in [6.45, 7) is 2.72. The van der Waals surface area contributed by atoms with E-state index in [4.69, 9.17) is 4.74 Å². The van der Waals surface area contributed by atoms with Gasteiger partial charge in [-0.25, -0.2) is 9.97 Å². The number of Topliss-reactive ketones (excluding diaryl/α,β-unsaturated/α-hetero) is 1. The van der Waals surface area contributed by atoms with Crippen LogP contribution in [0, 0.1) is 5.92 Å². The van der Waals surface area contributed by atoms with Gasteiger partial charge < -0.3 is 4.74 Å². The first kappa shape index (κ1) is 10.2. The Kier molecular flexibility index (Phi) is 3.06. The minimum absolute atomic E-state index is 0.0130. The van der Waals surface area contributed by atoms with E-state index in [1.807, 2.05) is 6.92 Å². The first-order valence-corrected chi connectivity index (χ1v) is 5.23. The van der Waals surface area contributed by atoms with Crippen LogP contribution in [0.25, 0.3) is 0 Å². The smallest absolute Gasteiger partial charge is 0.171 e. The molecule has 80 valence electrons. The summed E-state index contributed by atoms with van der Waals surface area (Å²) in [4.78, 5) is 19.8. The highest BCUT2D eigenvalue weighted by atomic mass is 16.5. The Labute approximate surface area is 88.7 Å². The average Bonchev–Trinajstić information content (AvgIpc) is 2.77. The van der Waals surface area contributed by atoms with Crippen LogP contribution in [0.2, 0.25) is 0 Å². The van der Waals surface area contributed by atoms with E-state index >= 15 is 0 Å². The van der Waals surface area contributed by atoms with Gasteiger partial charge in [0.1, 0.15) is 6.33 Å². The maximum absolute atomic E-state index is 12.1. The van der Waals surface area contributed by atoms with Crippen molar-refractivity contribution in [3.05, 3.63) is 24.3 Å². The maximum Gasteiger partial charge on any atom is 0.171 e. The van der Waals surface area contributed by atoms with Crippen molar-refractivity contribution < 1.29 is 9.53 Å². The summed E-state index contributed by atoms with van der Waals surface area (Å²) in [5, 5.41) is 0. The van der Waals surface area contributed by atoms with Crippen molar-refractivity contribution in [2.24, 2.45) is 5.92 Å². The molecular weight excluding hydrogens is 192 g/mol. The lowest BCUT2D eigenvalue weighted by Gasteiger charge is -2.14. The SMILES string of the molecule is CCC1OCCC1C(=O)c1cncnc1. The van der Waals surface area contributed by atoms with Crippen LogP contribution in [0.5, 0.6) is 0 Å². The van der Waals surface area contributed by atoms with Gasteiger partial charge in [0.05, 0.1) is 17.6 Å². The summed E-state index contributed by atoms with van der Waals surface area (Å²) >= 11 is 0. The highest BCUT2D eigenvalue weighted by molar-refractivity contribution is 5.97. The third kappa shape index (κ3) is 2.04. The van der Waals surface area contributed by atoms with Crippen LogP contribution < -0.4 is 0 Å². The lowest BCUT2D eigenvalue weighted by atomic mass is 9.92. The van der Waals surface area contributed by atoms with Crippen molar-refractivity contribution in [3.63, 3.8) is 0 Å². The van der Waals surface area contributed by atoms with Crippen molar-refractivity contribution in [1.82, 2.24) is 9.97 Å². The van der Waals surface area contributed by atoms with Crippen LogP contribution in [-0.4, -0.2) is 28.5 Å². The van der Waals surface area contributed by atoms with Gasteiger partial charge in [-0.1, -0.05) is 6.92 Å². The molecule has 4 heteroatoms. The Morgan fingerprint density at radius 1 is 1.53 bits per heavy atom. The van der Waals surface area contributed by atoms with Crippen molar-refractivity contribution in [3.8, 4) is 0 Å². The summed E-state index contributed by atoms with van der Waals surface area (Å²) < 4.78 is 5.50. The molecule has 4 nitrogen and oxygen atoms in total. The molecule has 0 aliphatic carbocycles. The van der Waals surface area contributed by atoms with E-state index < -0.39 is 0 Å². The number of aromatic nitrogens is 2. The zero-order chi connectivity index (χ0) is 10.7. The average molecular weight is 206 g/mol. The maximum atomic E-state index is 12.1. The number of ether oxygens (including phenoxy) is 1. The third-order valence-electron chi connectivity index (χ3n) is 2.79. The highest BCUT2D eigenvalue weighted by Crippen LogP contribution is 2.26. The van der Waals surface area contributed by atoms with E-state index in [1.54, 1.807) is 12.4 Å². The molecule has 0 bridgehead atoms. The second-order valence-corrected chi connectivity index (χ2v) is 3.70. The molecule has 2 heterocycles. The molecule has 2 unspecified atom stereocenters. The first-order chi connectivity index (χ1) is 7.33. The van der Waals surface area contributed by atoms with Gasteiger partial charge in [-0.05, 0) is 12.8 Å². The standard InChI is InChI=1S/C11H14N2O2/c1-2-10-9(3-4-15-10)11(14)8-5-12-7-13-6-8/h5-7,9-10H,2-4H2,1H3. The molecule has 1 saturated heterocycles. The predicted octanol–water partition coefficient (Wildman–Crippen LogP) is 1.47. The molecule has 0 radical (unpaired) electrons. The van der Waals surface area contributed by atoms with Crippen molar-refractivity contribution in [2.75, 3.05) is 6.61 Å². The first-order valence-electron chi connectivity index (χ1n) is 5.23. The molecule has 0 saturated carbocycles. The fourth-order valence-corrected chi connectivity index (χ4v) is 1.99. The second-order valence-electron chi connectivity index (χ2n) is 3.70. The second kappa shape index (κ2) is 4.49. The van der Waals surface area contributed by atoms with Gasteiger partial charge >= 0.3 is 0 Å². The zero-order valence-corrected chi connectivity index (χ0v) is 8.72. The van der Waals surface area contributed by atoms with Crippen LogP contribution in [0.1, 0.15) is 30.1 Å². The van der Waals surface area contributed by atoms with E-state index in [2.05, 4.69) is 9.97 Å². The summed E-state index contributed by atoms with van der Waals surface area (Å²) in [7, 11) is 0. The summed E-state index contributed by atoms with van der Waals surface area (Å²) in [6, 6.07) is 0. The van der Waals surface area contributed by atoms with Gasteiger partial charge in [0.2, 0.25) is 0 Å². The van der Waals surface area contributed by atoms with Gasteiger partial charge in [0.15, 0.2) is 5.78 Å². The highest BCUT2D eigenvalue weighted by Gasteiger charge is 2.33. The van der Waals surface area contributed by atoms with Gasteiger partial charge in [0, 0.05) is 19.0 Å². The Morgan fingerprint density at radius 3 is 2.93 bits per heavy atom. The molecule has 0 N–H and O–H groups in total. The fourth-order valence-electron chi connectivity index (χ4n) is 1.99. The van der Waals surface area contributed by atoms with E-state index in [1.165, 1.54) is 6.33 Å². The number of hydrogen-bond acceptors (Lipinski definition) is 4. The van der Waals surface area contributed by atoms with Crippen LogP contribution in [-0.2, 0) is 4.74 Å². The molecular formula is C11H14N2O2. The van der Waals surface area contributed by atoms with Crippen LogP contribution in [0.15, 0.2) is 18.7 Å². The Morgan fingerprint density at radius 2 is 2.27 bits per heavy atom. The Balaban J connectivity index is 2.14. The molecule has 1 fully saturated rings. The third-order valence-corrected chi connectivity index (χ3v) is 2.79. The van der Waals surface area contributed by atoms with E-state index in [0.717, 1.165) is 12.8 Å². The van der Waals surface area contributed by atoms with E-state index in [-0.39, 0.29) is 17.8 Å². The van der Waals surface area contributed by atoms with Crippen LogP contribution in [0.4, 0.5) is 0 Å². The normalized spacial score (nSPS) is 25.4. The lowest BCUT2D eigenvalue weighted by Crippen LogP contribution is -2.23. The molecule has 1 aliphatic heterocycles. The van der Waals surface area contributed by atoms with Crippen LogP contribution >= 0.6 is 0 Å². The number of ketones is 1. The monoisotopic (exact) mass is 206 g/mol. The Bertz CT molecular complexity index is 340. The minimum Gasteiger partial charge on any atom is -0.377 e. The summed E-state index contributed by atoms with van der Waals surface area (Å²) in [5.74, 6) is 0.0981. The van der Waals surface area contributed by atoms with Gasteiger partial charge in [-0.2, -0.15) is 0 Å². The zero-order valence-electron chi connectivity index (χ0n) is 8.72. The lowest BCUT2D eigenvalue weighted by molar-refractivity contribution is 0.0688. The minimum atomic E-state index is -0.0130. The van der Waals surface area contributed by atoms with Gasteiger partial charge in [-0.3, -0.25) is 4.79 Å². The summed E-state index contributed by atoms with van der Waals surface area (Å²) in [6.07, 6.45) is 6.33. The quantitative estimate of drug-likeness (QED) is 0.703. The number of hydrogen-bond donors (Lipinski definition) is 0. The summed E-state index contributed by atoms with van der Waals surface area (Å²) in [5.41, 5.74) is 0.589. The molecule has 0 amide bonds. The number of rotatable bonds is 3. The molecule has 15 heavy (non-hydrogen) atoms. The largest absolute Gasteiger partial charge is 0.377 e. The molecule has 1 aliphatic rings. The molecule has 1 aromatic rings. The number of carbonyl (C=O) groups is 1. The van der Waals surface area contributed by atoms with Crippen LogP contribution in [0.3, 0.4) is 0 Å². The van der Waals surface area contributed by atoms with Crippen molar-refractivity contribution in [2.45, 2.75) is 25.9 Å². The van der Waals surface area contributed by atoms with Gasteiger partial charge in [0.25, 0.3) is 0 Å². The fraction of sp³-hybridized carbons (Fsp3) is 0.545. The van der Waals surface area contributed by atoms with E-state index in [0.29, 0.717) is 12.2 Å². The van der Waals surface area contributed by atoms with Crippen molar-refractivity contribution in [1.29, 1.82) is 0 Å². The number of nitrogens with zero attached hydrogens (tertiary/aromatic N) is 2. The molecule has 2 rings (SSSR count). The van der Waals surface area contributed by atoms with Crippen molar-refractivity contribution >= 4 is 5.78 Å².